The number of methoxy groups -OCH3 is 1. The molecule has 0 fully saturated rings. The van der Waals surface area contributed by atoms with Crippen LogP contribution in [0, 0.1) is 6.92 Å². The average molecular weight is 301 g/mol. The van der Waals surface area contributed by atoms with Crippen LogP contribution in [0.15, 0.2) is 30.5 Å². The highest BCUT2D eigenvalue weighted by atomic mass is 16.5. The fourth-order valence-corrected chi connectivity index (χ4v) is 1.96. The van der Waals surface area contributed by atoms with Gasteiger partial charge in [0.1, 0.15) is 11.6 Å². The first kappa shape index (κ1) is 16.0. The van der Waals surface area contributed by atoms with E-state index in [-0.39, 0.29) is 0 Å². The maximum atomic E-state index is 5.37. The van der Waals surface area contributed by atoms with Crippen molar-refractivity contribution in [2.24, 2.45) is 0 Å². The monoisotopic (exact) mass is 301 g/mol. The van der Waals surface area contributed by atoms with E-state index in [1.165, 1.54) is 0 Å². The second-order valence-corrected chi connectivity index (χ2v) is 5.32. The van der Waals surface area contributed by atoms with Crippen LogP contribution in [0.4, 0.5) is 17.5 Å². The first-order chi connectivity index (χ1) is 10.6. The molecule has 6 nitrogen and oxygen atoms in total. The highest BCUT2D eigenvalue weighted by molar-refractivity contribution is 5.65. The van der Waals surface area contributed by atoms with Gasteiger partial charge in [0.25, 0.3) is 0 Å². The number of hydrogen-bond acceptors (Lipinski definition) is 6. The van der Waals surface area contributed by atoms with Crippen LogP contribution in [0.1, 0.15) is 5.56 Å². The summed E-state index contributed by atoms with van der Waals surface area (Å²) in [7, 11) is 5.72. The Morgan fingerprint density at radius 2 is 2.05 bits per heavy atom. The molecule has 22 heavy (non-hydrogen) atoms. The number of aromatic nitrogens is 2. The van der Waals surface area contributed by atoms with Crippen molar-refractivity contribution < 1.29 is 4.74 Å². The van der Waals surface area contributed by atoms with Crippen LogP contribution >= 0.6 is 0 Å². The van der Waals surface area contributed by atoms with Gasteiger partial charge in [-0.2, -0.15) is 4.98 Å². The Morgan fingerprint density at radius 1 is 1.23 bits per heavy atom. The Hall–Kier alpha value is -2.34. The Labute approximate surface area is 131 Å². The number of ether oxygens (including phenoxy) is 1. The summed E-state index contributed by atoms with van der Waals surface area (Å²) in [5.74, 6) is 2.12. The summed E-state index contributed by atoms with van der Waals surface area (Å²) in [4.78, 5) is 10.8. The maximum Gasteiger partial charge on any atom is 0.224 e. The second-order valence-electron chi connectivity index (χ2n) is 5.32. The smallest absolute Gasteiger partial charge is 0.224 e. The Bertz CT molecular complexity index is 615. The highest BCUT2D eigenvalue weighted by Crippen LogP contribution is 2.27. The second kappa shape index (κ2) is 7.61. The lowest BCUT2D eigenvalue weighted by Crippen LogP contribution is -2.21. The zero-order valence-electron chi connectivity index (χ0n) is 13.6. The molecule has 0 spiro atoms. The third-order valence-electron chi connectivity index (χ3n) is 3.12. The van der Waals surface area contributed by atoms with Crippen molar-refractivity contribution in [1.29, 1.82) is 0 Å². The van der Waals surface area contributed by atoms with E-state index >= 15 is 0 Å². The quantitative estimate of drug-likeness (QED) is 0.819. The van der Waals surface area contributed by atoms with Crippen LogP contribution < -0.4 is 15.4 Å². The Kier molecular flexibility index (Phi) is 5.55. The van der Waals surface area contributed by atoms with Crippen LogP contribution in [0.2, 0.25) is 0 Å². The largest absolute Gasteiger partial charge is 0.495 e. The molecule has 0 aliphatic heterocycles. The number of likely N-dealkylation sites (N-methyl/N-ethyl adjacent to an activating group) is 1. The molecule has 2 aromatic rings. The molecule has 0 radical (unpaired) electrons. The number of hydrogen-bond donors (Lipinski definition) is 2. The van der Waals surface area contributed by atoms with Gasteiger partial charge in [-0.25, -0.2) is 4.98 Å². The molecule has 1 heterocycles. The minimum Gasteiger partial charge on any atom is -0.495 e. The van der Waals surface area contributed by atoms with Gasteiger partial charge >= 0.3 is 0 Å². The zero-order chi connectivity index (χ0) is 15.9. The van der Waals surface area contributed by atoms with E-state index in [0.29, 0.717) is 5.95 Å². The van der Waals surface area contributed by atoms with E-state index in [1.54, 1.807) is 13.3 Å². The molecule has 0 saturated heterocycles. The van der Waals surface area contributed by atoms with Gasteiger partial charge in [0, 0.05) is 19.3 Å². The van der Waals surface area contributed by atoms with Gasteiger partial charge in [0.15, 0.2) is 0 Å². The van der Waals surface area contributed by atoms with Gasteiger partial charge in [0.05, 0.1) is 12.8 Å². The van der Waals surface area contributed by atoms with E-state index in [4.69, 9.17) is 4.74 Å². The standard InChI is InChI=1S/C16H23N5O/c1-12-5-6-14(22-4)13(11-12)19-15-7-8-17-16(20-15)18-9-10-21(2)3/h5-8,11H,9-10H2,1-4H3,(H2,17,18,19,20). The molecule has 1 aromatic heterocycles. The molecule has 1 aromatic carbocycles. The molecule has 0 aliphatic rings. The molecular weight excluding hydrogens is 278 g/mol. The van der Waals surface area contributed by atoms with E-state index in [0.717, 1.165) is 35.9 Å². The SMILES string of the molecule is COc1ccc(C)cc1Nc1ccnc(NCCN(C)C)n1. The molecule has 0 aliphatic carbocycles. The number of aryl methyl sites for hydroxylation is 1. The summed E-state index contributed by atoms with van der Waals surface area (Å²) in [5.41, 5.74) is 2.04. The lowest BCUT2D eigenvalue weighted by atomic mass is 10.2. The van der Waals surface area contributed by atoms with Crippen molar-refractivity contribution >= 4 is 17.5 Å². The van der Waals surface area contributed by atoms with E-state index in [2.05, 4.69) is 25.5 Å². The Balaban J connectivity index is 2.08. The maximum absolute atomic E-state index is 5.37. The molecule has 0 bridgehead atoms. The Morgan fingerprint density at radius 3 is 2.77 bits per heavy atom. The molecule has 6 heteroatoms. The summed E-state index contributed by atoms with van der Waals surface area (Å²) in [6.45, 7) is 3.76. The van der Waals surface area contributed by atoms with Crippen molar-refractivity contribution in [2.45, 2.75) is 6.92 Å². The van der Waals surface area contributed by atoms with Crippen molar-refractivity contribution in [3.05, 3.63) is 36.0 Å². The van der Waals surface area contributed by atoms with E-state index in [9.17, 15) is 0 Å². The topological polar surface area (TPSA) is 62.3 Å². The predicted molar refractivity (Wildman–Crippen MR) is 90.1 cm³/mol. The number of nitrogens with one attached hydrogen (secondary N) is 2. The third kappa shape index (κ3) is 4.60. The van der Waals surface area contributed by atoms with Crippen LogP contribution in [0.3, 0.4) is 0 Å². The molecule has 0 amide bonds. The molecular formula is C16H23N5O. The average Bonchev–Trinajstić information content (AvgIpc) is 2.47. The van der Waals surface area contributed by atoms with Gasteiger partial charge in [-0.1, -0.05) is 6.07 Å². The summed E-state index contributed by atoms with van der Waals surface area (Å²) in [6, 6.07) is 7.81. The van der Waals surface area contributed by atoms with Crippen LogP contribution in [-0.2, 0) is 0 Å². The first-order valence-electron chi connectivity index (χ1n) is 7.22. The third-order valence-corrected chi connectivity index (χ3v) is 3.12. The van der Waals surface area contributed by atoms with Crippen molar-refractivity contribution in [3.8, 4) is 5.75 Å². The fraction of sp³-hybridized carbons (Fsp3) is 0.375. The van der Waals surface area contributed by atoms with Crippen molar-refractivity contribution in [3.63, 3.8) is 0 Å². The summed E-state index contributed by atoms with van der Waals surface area (Å²) in [6.07, 6.45) is 1.73. The normalized spacial score (nSPS) is 10.6. The van der Waals surface area contributed by atoms with Crippen LogP contribution in [0.25, 0.3) is 0 Å². The summed E-state index contributed by atoms with van der Waals surface area (Å²) in [5, 5.41) is 6.48. The predicted octanol–water partition coefficient (Wildman–Crippen LogP) is 2.51. The highest BCUT2D eigenvalue weighted by Gasteiger charge is 2.05. The number of rotatable bonds is 7. The molecule has 0 unspecified atom stereocenters. The van der Waals surface area contributed by atoms with Gasteiger partial charge in [-0.15, -0.1) is 0 Å². The van der Waals surface area contributed by atoms with Crippen LogP contribution in [-0.4, -0.2) is 49.2 Å². The van der Waals surface area contributed by atoms with Gasteiger partial charge in [0.2, 0.25) is 5.95 Å². The summed E-state index contributed by atoms with van der Waals surface area (Å²) < 4.78 is 5.37. The lowest BCUT2D eigenvalue weighted by molar-refractivity contribution is 0.416. The molecule has 0 atom stereocenters. The van der Waals surface area contributed by atoms with Crippen molar-refractivity contribution in [2.75, 3.05) is 44.9 Å². The van der Waals surface area contributed by atoms with Gasteiger partial charge < -0.3 is 20.3 Å². The van der Waals surface area contributed by atoms with E-state index in [1.807, 2.05) is 45.3 Å². The molecule has 0 saturated carbocycles. The summed E-state index contributed by atoms with van der Waals surface area (Å²) >= 11 is 0. The minimum atomic E-state index is 0.610. The van der Waals surface area contributed by atoms with Gasteiger partial charge in [-0.05, 0) is 44.8 Å². The zero-order valence-corrected chi connectivity index (χ0v) is 13.6. The fourth-order valence-electron chi connectivity index (χ4n) is 1.96. The minimum absolute atomic E-state index is 0.610. The lowest BCUT2D eigenvalue weighted by Gasteiger charge is -2.13. The van der Waals surface area contributed by atoms with Gasteiger partial charge in [-0.3, -0.25) is 0 Å². The number of benzene rings is 1. The number of anilines is 3. The molecule has 118 valence electrons. The van der Waals surface area contributed by atoms with Crippen LogP contribution in [0.5, 0.6) is 5.75 Å². The molecule has 2 N–H and O–H groups in total. The van der Waals surface area contributed by atoms with Crippen molar-refractivity contribution in [1.82, 2.24) is 14.9 Å². The number of nitrogens with zero attached hydrogens (tertiary/aromatic N) is 3. The first-order valence-corrected chi connectivity index (χ1v) is 7.22. The molecule has 2 rings (SSSR count). The van der Waals surface area contributed by atoms with E-state index < -0.39 is 0 Å².